The summed E-state index contributed by atoms with van der Waals surface area (Å²) in [6, 6.07) is 0. The van der Waals surface area contributed by atoms with E-state index in [1.165, 1.54) is 8.61 Å². The van der Waals surface area contributed by atoms with Gasteiger partial charge in [0, 0.05) is 26.2 Å². The first-order valence-corrected chi connectivity index (χ1v) is 8.24. The molecule has 6 nitrogen and oxygen atoms in total. The third-order valence-corrected chi connectivity index (χ3v) is 5.54. The molecule has 1 N–H and O–H groups in total. The number of carbonyl (C=O) groups excluding carboxylic acids is 1. The van der Waals surface area contributed by atoms with Crippen LogP contribution in [0.5, 0.6) is 0 Å². The Labute approximate surface area is 116 Å². The van der Waals surface area contributed by atoms with Crippen LogP contribution in [-0.2, 0) is 15.0 Å². The van der Waals surface area contributed by atoms with Crippen molar-refractivity contribution < 1.29 is 13.2 Å². The Morgan fingerprint density at radius 3 is 2.26 bits per heavy atom. The van der Waals surface area contributed by atoms with Crippen molar-refractivity contribution in [3.05, 3.63) is 0 Å². The molecule has 0 radical (unpaired) electrons. The zero-order valence-corrected chi connectivity index (χ0v) is 13.1. The van der Waals surface area contributed by atoms with Gasteiger partial charge in [0.05, 0.1) is 0 Å². The molecule has 0 saturated carbocycles. The summed E-state index contributed by atoms with van der Waals surface area (Å²) in [5.74, 6) is -0.240. The third kappa shape index (κ3) is 3.27. The van der Waals surface area contributed by atoms with E-state index in [4.69, 9.17) is 0 Å². The number of hydrogen-bond acceptors (Lipinski definition) is 3. The summed E-state index contributed by atoms with van der Waals surface area (Å²) in [6.45, 7) is 8.87. The zero-order chi connectivity index (χ0) is 14.7. The standard InChI is InChI=1S/C12H25N3O3S/c1-5-8-14(9-6-2)19(17,18)15-10-7-13-11(16)12(15,3)4/h5-10H2,1-4H3,(H,13,16). The van der Waals surface area contributed by atoms with Gasteiger partial charge in [0.1, 0.15) is 5.54 Å². The van der Waals surface area contributed by atoms with Crippen LogP contribution in [0.2, 0.25) is 0 Å². The number of piperazine rings is 1. The molecule has 0 unspecified atom stereocenters. The molecule has 1 amide bonds. The van der Waals surface area contributed by atoms with Crippen molar-refractivity contribution >= 4 is 16.1 Å². The molecule has 0 aromatic rings. The molecule has 1 fully saturated rings. The first-order chi connectivity index (χ1) is 8.78. The van der Waals surface area contributed by atoms with Gasteiger partial charge in [0.15, 0.2) is 0 Å². The average molecular weight is 291 g/mol. The minimum absolute atomic E-state index is 0.240. The van der Waals surface area contributed by atoms with Gasteiger partial charge in [0.2, 0.25) is 5.91 Å². The SMILES string of the molecule is CCCN(CCC)S(=O)(=O)N1CCNC(=O)C1(C)C. The van der Waals surface area contributed by atoms with Gasteiger partial charge < -0.3 is 5.32 Å². The van der Waals surface area contributed by atoms with Crippen molar-refractivity contribution in [1.82, 2.24) is 13.9 Å². The summed E-state index contributed by atoms with van der Waals surface area (Å²) in [5.41, 5.74) is -1.03. The van der Waals surface area contributed by atoms with Crippen LogP contribution in [-0.4, -0.2) is 54.7 Å². The molecule has 112 valence electrons. The number of nitrogens with one attached hydrogen (secondary N) is 1. The van der Waals surface area contributed by atoms with Crippen LogP contribution in [0.15, 0.2) is 0 Å². The maximum absolute atomic E-state index is 12.7. The topological polar surface area (TPSA) is 69.7 Å². The van der Waals surface area contributed by atoms with Crippen LogP contribution in [0.3, 0.4) is 0 Å². The highest BCUT2D eigenvalue weighted by atomic mass is 32.2. The summed E-state index contributed by atoms with van der Waals surface area (Å²) in [6.07, 6.45) is 1.53. The van der Waals surface area contributed by atoms with E-state index >= 15 is 0 Å². The molecule has 1 aliphatic heterocycles. The van der Waals surface area contributed by atoms with Crippen molar-refractivity contribution in [3.63, 3.8) is 0 Å². The highest BCUT2D eigenvalue weighted by Crippen LogP contribution is 2.24. The second kappa shape index (κ2) is 6.19. The van der Waals surface area contributed by atoms with Gasteiger partial charge in [-0.05, 0) is 26.7 Å². The van der Waals surface area contributed by atoms with Crippen molar-refractivity contribution in [2.45, 2.75) is 46.1 Å². The quantitative estimate of drug-likeness (QED) is 0.777. The minimum Gasteiger partial charge on any atom is -0.353 e. The molecule has 0 aromatic carbocycles. The summed E-state index contributed by atoms with van der Waals surface area (Å²) in [7, 11) is -3.58. The fraction of sp³-hybridized carbons (Fsp3) is 0.917. The molecule has 1 heterocycles. The summed E-state index contributed by atoms with van der Waals surface area (Å²) in [5, 5.41) is 2.71. The third-order valence-electron chi connectivity index (χ3n) is 3.33. The Hall–Kier alpha value is -0.660. The van der Waals surface area contributed by atoms with Gasteiger partial charge in [-0.15, -0.1) is 0 Å². The normalized spacial score (nSPS) is 20.6. The lowest BCUT2D eigenvalue weighted by Crippen LogP contribution is -2.65. The molecule has 0 aromatic heterocycles. The van der Waals surface area contributed by atoms with Crippen molar-refractivity contribution in [1.29, 1.82) is 0 Å². The van der Waals surface area contributed by atoms with Gasteiger partial charge in [-0.3, -0.25) is 4.79 Å². The summed E-state index contributed by atoms with van der Waals surface area (Å²) >= 11 is 0. The highest BCUT2D eigenvalue weighted by molar-refractivity contribution is 7.86. The van der Waals surface area contributed by atoms with E-state index in [0.717, 1.165) is 12.8 Å². The monoisotopic (exact) mass is 291 g/mol. The van der Waals surface area contributed by atoms with Crippen LogP contribution >= 0.6 is 0 Å². The van der Waals surface area contributed by atoms with Crippen LogP contribution in [0, 0.1) is 0 Å². The summed E-state index contributed by atoms with van der Waals surface area (Å²) in [4.78, 5) is 11.9. The lowest BCUT2D eigenvalue weighted by Gasteiger charge is -2.42. The Bertz CT molecular complexity index is 414. The predicted octanol–water partition coefficient (Wildman–Crippen LogP) is 0.564. The van der Waals surface area contributed by atoms with Crippen LogP contribution in [0.4, 0.5) is 0 Å². The lowest BCUT2D eigenvalue weighted by atomic mass is 10.0. The van der Waals surface area contributed by atoms with Gasteiger partial charge in [-0.25, -0.2) is 0 Å². The van der Waals surface area contributed by atoms with Crippen molar-refractivity contribution in [2.24, 2.45) is 0 Å². The molecular formula is C12H25N3O3S. The second-order valence-electron chi connectivity index (χ2n) is 5.29. The molecule has 0 spiro atoms. The van der Waals surface area contributed by atoms with Crippen LogP contribution < -0.4 is 5.32 Å². The van der Waals surface area contributed by atoms with Crippen molar-refractivity contribution in [2.75, 3.05) is 26.2 Å². The molecule has 0 atom stereocenters. The maximum atomic E-state index is 12.7. The second-order valence-corrected chi connectivity index (χ2v) is 7.15. The number of amides is 1. The molecule has 1 aliphatic rings. The van der Waals surface area contributed by atoms with Gasteiger partial charge in [-0.1, -0.05) is 13.8 Å². The van der Waals surface area contributed by atoms with E-state index < -0.39 is 15.7 Å². The Morgan fingerprint density at radius 1 is 1.26 bits per heavy atom. The van der Waals surface area contributed by atoms with Gasteiger partial charge >= 0.3 is 0 Å². The Balaban J connectivity index is 3.06. The Morgan fingerprint density at radius 2 is 1.79 bits per heavy atom. The molecule has 7 heteroatoms. The maximum Gasteiger partial charge on any atom is 0.283 e. The smallest absolute Gasteiger partial charge is 0.283 e. The fourth-order valence-electron chi connectivity index (χ4n) is 2.26. The van der Waals surface area contributed by atoms with E-state index in [1.807, 2.05) is 13.8 Å². The average Bonchev–Trinajstić information content (AvgIpc) is 2.32. The molecule has 1 saturated heterocycles. The zero-order valence-electron chi connectivity index (χ0n) is 12.3. The number of nitrogens with zero attached hydrogens (tertiary/aromatic N) is 2. The van der Waals surface area contributed by atoms with E-state index in [0.29, 0.717) is 26.2 Å². The predicted molar refractivity (Wildman–Crippen MR) is 74.9 cm³/mol. The first kappa shape index (κ1) is 16.4. The first-order valence-electron chi connectivity index (χ1n) is 6.84. The number of hydrogen-bond donors (Lipinski definition) is 1. The van der Waals surface area contributed by atoms with Gasteiger partial charge in [-0.2, -0.15) is 17.0 Å². The molecule has 0 bridgehead atoms. The molecular weight excluding hydrogens is 266 g/mol. The molecule has 0 aliphatic carbocycles. The lowest BCUT2D eigenvalue weighted by molar-refractivity contribution is -0.131. The van der Waals surface area contributed by atoms with E-state index in [-0.39, 0.29) is 5.91 Å². The molecule has 19 heavy (non-hydrogen) atoms. The van der Waals surface area contributed by atoms with E-state index in [9.17, 15) is 13.2 Å². The minimum atomic E-state index is -3.58. The fourth-order valence-corrected chi connectivity index (χ4v) is 4.35. The highest BCUT2D eigenvalue weighted by Gasteiger charge is 2.46. The van der Waals surface area contributed by atoms with Crippen LogP contribution in [0.1, 0.15) is 40.5 Å². The van der Waals surface area contributed by atoms with Gasteiger partial charge in [0.25, 0.3) is 10.2 Å². The summed E-state index contributed by atoms with van der Waals surface area (Å²) < 4.78 is 28.2. The largest absolute Gasteiger partial charge is 0.353 e. The van der Waals surface area contributed by atoms with Crippen molar-refractivity contribution in [3.8, 4) is 0 Å². The van der Waals surface area contributed by atoms with E-state index in [2.05, 4.69) is 5.32 Å². The Kier molecular flexibility index (Phi) is 5.34. The number of carbonyl (C=O) groups is 1. The number of rotatable bonds is 6. The molecule has 1 rings (SSSR count). The van der Waals surface area contributed by atoms with E-state index in [1.54, 1.807) is 13.8 Å². The van der Waals surface area contributed by atoms with Crippen LogP contribution in [0.25, 0.3) is 0 Å².